The summed E-state index contributed by atoms with van der Waals surface area (Å²) in [5.74, 6) is 0.271. The molecule has 1 rings (SSSR count). The molecule has 1 aliphatic heterocycles. The van der Waals surface area contributed by atoms with Crippen LogP contribution < -0.4 is 0 Å². The van der Waals surface area contributed by atoms with Gasteiger partial charge in [-0.25, -0.2) is 0 Å². The molecule has 0 aliphatic carbocycles. The van der Waals surface area contributed by atoms with Crippen molar-refractivity contribution in [1.29, 1.82) is 0 Å². The molecule has 0 N–H and O–H groups in total. The first kappa shape index (κ1) is 14.2. The molecule has 0 spiro atoms. The van der Waals surface area contributed by atoms with E-state index in [-0.39, 0.29) is 5.78 Å². The van der Waals surface area contributed by atoms with E-state index in [2.05, 4.69) is 4.90 Å². The van der Waals surface area contributed by atoms with Gasteiger partial charge in [-0.05, 0) is 53.6 Å². The van der Waals surface area contributed by atoms with Gasteiger partial charge in [-0.1, -0.05) is 23.6 Å². The number of carbonyl (C=O) groups is 1. The van der Waals surface area contributed by atoms with Crippen LogP contribution in [0.2, 0.25) is 0 Å². The first-order chi connectivity index (χ1) is 8.00. The molecule has 17 heavy (non-hydrogen) atoms. The van der Waals surface area contributed by atoms with Gasteiger partial charge in [0.25, 0.3) is 0 Å². The fraction of sp³-hybridized carbons (Fsp3) is 0.667. The molecule has 0 radical (unpaired) electrons. The Labute approximate surface area is 105 Å². The van der Waals surface area contributed by atoms with Crippen LogP contribution in [0.15, 0.2) is 22.8 Å². The Bertz CT molecular complexity index is 325. The minimum atomic E-state index is 0.271. The fourth-order valence-corrected chi connectivity index (χ4v) is 2.20. The third kappa shape index (κ3) is 4.86. The van der Waals surface area contributed by atoms with Gasteiger partial charge in [0.15, 0.2) is 5.78 Å². The van der Waals surface area contributed by atoms with Crippen LogP contribution in [0.3, 0.4) is 0 Å². The summed E-state index contributed by atoms with van der Waals surface area (Å²) < 4.78 is 0. The number of allylic oxidation sites excluding steroid dienone is 3. The van der Waals surface area contributed by atoms with E-state index in [0.29, 0.717) is 6.54 Å². The smallest absolute Gasteiger partial charge is 0.176 e. The maximum atomic E-state index is 12.2. The van der Waals surface area contributed by atoms with Crippen LogP contribution >= 0.6 is 0 Å². The second kappa shape index (κ2) is 6.75. The van der Waals surface area contributed by atoms with Crippen molar-refractivity contribution in [3.05, 3.63) is 22.8 Å². The highest BCUT2D eigenvalue weighted by Crippen LogP contribution is 2.13. The van der Waals surface area contributed by atoms with E-state index in [4.69, 9.17) is 0 Å². The summed E-state index contributed by atoms with van der Waals surface area (Å²) in [5, 5.41) is 0. The number of nitrogens with zero attached hydrogens (tertiary/aromatic N) is 1. The molecule has 0 bridgehead atoms. The second-order valence-corrected chi connectivity index (χ2v) is 5.40. The van der Waals surface area contributed by atoms with Crippen molar-refractivity contribution in [2.45, 2.75) is 47.0 Å². The molecule has 0 atom stereocenters. The lowest BCUT2D eigenvalue weighted by Crippen LogP contribution is -2.35. The third-order valence-electron chi connectivity index (χ3n) is 3.09. The van der Waals surface area contributed by atoms with E-state index >= 15 is 0 Å². The molecule has 1 fully saturated rings. The van der Waals surface area contributed by atoms with Crippen molar-refractivity contribution in [2.24, 2.45) is 0 Å². The predicted octanol–water partition coefficient (Wildman–Crippen LogP) is 3.34. The lowest BCUT2D eigenvalue weighted by molar-refractivity contribution is -0.116. The van der Waals surface area contributed by atoms with Gasteiger partial charge in [-0.3, -0.25) is 9.69 Å². The quantitative estimate of drug-likeness (QED) is 0.550. The average molecular weight is 235 g/mol. The van der Waals surface area contributed by atoms with Crippen LogP contribution in [0, 0.1) is 0 Å². The maximum absolute atomic E-state index is 12.2. The van der Waals surface area contributed by atoms with Crippen LogP contribution in [0.25, 0.3) is 0 Å². The highest BCUT2D eigenvalue weighted by atomic mass is 16.1. The molecular formula is C15H25NO. The van der Waals surface area contributed by atoms with Gasteiger partial charge >= 0.3 is 0 Å². The molecule has 0 aromatic heterocycles. The standard InChI is InChI=1S/C15H25NO/c1-12(2)10-14(13(3)4)15(17)11-16-8-6-5-7-9-16/h10H,5-9,11H2,1-4H3. The summed E-state index contributed by atoms with van der Waals surface area (Å²) in [6.45, 7) is 10.9. The van der Waals surface area contributed by atoms with E-state index in [1.54, 1.807) is 0 Å². The second-order valence-electron chi connectivity index (χ2n) is 5.40. The Hall–Kier alpha value is -0.890. The Kier molecular flexibility index (Phi) is 5.63. The van der Waals surface area contributed by atoms with Crippen LogP contribution in [0.1, 0.15) is 47.0 Å². The Morgan fingerprint density at radius 1 is 1.06 bits per heavy atom. The zero-order valence-corrected chi connectivity index (χ0v) is 11.7. The molecule has 1 saturated heterocycles. The Morgan fingerprint density at radius 2 is 1.65 bits per heavy atom. The van der Waals surface area contributed by atoms with Crippen molar-refractivity contribution in [3.63, 3.8) is 0 Å². The number of hydrogen-bond acceptors (Lipinski definition) is 2. The van der Waals surface area contributed by atoms with Gasteiger partial charge in [0.2, 0.25) is 0 Å². The zero-order valence-electron chi connectivity index (χ0n) is 11.7. The number of likely N-dealkylation sites (tertiary alicyclic amines) is 1. The van der Waals surface area contributed by atoms with E-state index in [1.807, 2.05) is 33.8 Å². The molecule has 0 saturated carbocycles. The van der Waals surface area contributed by atoms with E-state index in [9.17, 15) is 4.79 Å². The van der Waals surface area contributed by atoms with E-state index in [0.717, 1.165) is 24.2 Å². The minimum absolute atomic E-state index is 0.271. The summed E-state index contributed by atoms with van der Waals surface area (Å²) in [6.07, 6.45) is 5.80. The molecule has 0 unspecified atom stereocenters. The lowest BCUT2D eigenvalue weighted by atomic mass is 10.0. The normalized spacial score (nSPS) is 16.5. The highest BCUT2D eigenvalue weighted by molar-refractivity contribution is 6.00. The number of piperidine rings is 1. The topological polar surface area (TPSA) is 20.3 Å². The molecule has 0 aromatic rings. The van der Waals surface area contributed by atoms with Gasteiger partial charge in [0.05, 0.1) is 6.54 Å². The monoisotopic (exact) mass is 235 g/mol. The zero-order chi connectivity index (χ0) is 12.8. The SMILES string of the molecule is CC(C)=CC(C(=O)CN1CCCCC1)=C(C)C. The van der Waals surface area contributed by atoms with E-state index < -0.39 is 0 Å². The molecule has 2 heteroatoms. The van der Waals surface area contributed by atoms with Gasteiger partial charge in [-0.2, -0.15) is 0 Å². The molecule has 96 valence electrons. The maximum Gasteiger partial charge on any atom is 0.176 e. The number of rotatable bonds is 4. The highest BCUT2D eigenvalue weighted by Gasteiger charge is 2.16. The molecule has 0 aromatic carbocycles. The summed E-state index contributed by atoms with van der Waals surface area (Å²) in [7, 11) is 0. The molecule has 0 amide bonds. The minimum Gasteiger partial charge on any atom is -0.296 e. The summed E-state index contributed by atoms with van der Waals surface area (Å²) in [4.78, 5) is 14.5. The van der Waals surface area contributed by atoms with Crippen LogP contribution in [0.5, 0.6) is 0 Å². The lowest BCUT2D eigenvalue weighted by Gasteiger charge is -2.25. The summed E-state index contributed by atoms with van der Waals surface area (Å²) >= 11 is 0. The first-order valence-corrected chi connectivity index (χ1v) is 6.58. The Morgan fingerprint density at radius 3 is 2.12 bits per heavy atom. The number of Topliss-reactive ketones (excluding diaryl/α,β-unsaturated/α-hetero) is 1. The summed E-state index contributed by atoms with van der Waals surface area (Å²) in [5.41, 5.74) is 3.21. The van der Waals surface area contributed by atoms with Crippen LogP contribution in [0.4, 0.5) is 0 Å². The predicted molar refractivity (Wildman–Crippen MR) is 73.1 cm³/mol. The number of ketones is 1. The third-order valence-corrected chi connectivity index (χ3v) is 3.09. The van der Waals surface area contributed by atoms with Gasteiger partial charge in [-0.15, -0.1) is 0 Å². The molecule has 1 heterocycles. The Balaban J connectivity index is 2.66. The fourth-order valence-electron chi connectivity index (χ4n) is 2.20. The molecular weight excluding hydrogens is 210 g/mol. The molecule has 1 aliphatic rings. The van der Waals surface area contributed by atoms with Crippen molar-refractivity contribution < 1.29 is 4.79 Å². The number of hydrogen-bond donors (Lipinski definition) is 0. The summed E-state index contributed by atoms with van der Waals surface area (Å²) in [6, 6.07) is 0. The van der Waals surface area contributed by atoms with Crippen molar-refractivity contribution >= 4 is 5.78 Å². The van der Waals surface area contributed by atoms with Crippen LogP contribution in [-0.4, -0.2) is 30.3 Å². The van der Waals surface area contributed by atoms with Crippen molar-refractivity contribution in [3.8, 4) is 0 Å². The van der Waals surface area contributed by atoms with Gasteiger partial charge in [0.1, 0.15) is 0 Å². The molecule has 2 nitrogen and oxygen atoms in total. The van der Waals surface area contributed by atoms with Crippen LogP contribution in [-0.2, 0) is 4.79 Å². The number of carbonyl (C=O) groups excluding carboxylic acids is 1. The van der Waals surface area contributed by atoms with E-state index in [1.165, 1.54) is 24.8 Å². The average Bonchev–Trinajstić information content (AvgIpc) is 2.26. The largest absolute Gasteiger partial charge is 0.296 e. The first-order valence-electron chi connectivity index (χ1n) is 6.58. The van der Waals surface area contributed by atoms with Gasteiger partial charge < -0.3 is 0 Å². The van der Waals surface area contributed by atoms with Gasteiger partial charge in [0, 0.05) is 5.57 Å². The van der Waals surface area contributed by atoms with Crippen molar-refractivity contribution in [1.82, 2.24) is 4.90 Å². The van der Waals surface area contributed by atoms with Crippen molar-refractivity contribution in [2.75, 3.05) is 19.6 Å².